The molecule has 3 aliphatic rings. The SMILES string of the molecule is CC1CCc2nc3c(cc2C1)C(=O)N1C(=O)C(C)(C(C)C)N=C31. The van der Waals surface area contributed by atoms with Gasteiger partial charge >= 0.3 is 0 Å². The first-order valence-corrected chi connectivity index (χ1v) is 8.35. The van der Waals surface area contributed by atoms with Crippen molar-refractivity contribution in [3.05, 3.63) is 28.6 Å². The lowest BCUT2D eigenvalue weighted by atomic mass is 9.86. The topological polar surface area (TPSA) is 62.6 Å². The molecule has 0 N–H and O–H groups in total. The highest BCUT2D eigenvalue weighted by molar-refractivity contribution is 6.33. The fourth-order valence-corrected chi connectivity index (χ4v) is 3.66. The van der Waals surface area contributed by atoms with Crippen LogP contribution in [-0.2, 0) is 17.6 Å². The van der Waals surface area contributed by atoms with Crippen molar-refractivity contribution in [3.63, 3.8) is 0 Å². The quantitative estimate of drug-likeness (QED) is 0.748. The monoisotopic (exact) mass is 311 g/mol. The van der Waals surface area contributed by atoms with Crippen molar-refractivity contribution < 1.29 is 9.59 Å². The van der Waals surface area contributed by atoms with Crippen molar-refractivity contribution in [3.8, 4) is 0 Å². The molecule has 0 radical (unpaired) electrons. The second kappa shape index (κ2) is 4.49. The van der Waals surface area contributed by atoms with Gasteiger partial charge in [-0.05, 0) is 49.7 Å². The molecular formula is C18H21N3O2. The molecule has 1 aromatic heterocycles. The van der Waals surface area contributed by atoms with Crippen LogP contribution >= 0.6 is 0 Å². The Kier molecular flexibility index (Phi) is 2.84. The number of hydrogen-bond acceptors (Lipinski definition) is 4. The number of hydrogen-bond donors (Lipinski definition) is 0. The first kappa shape index (κ1) is 14.5. The van der Waals surface area contributed by atoms with Crippen LogP contribution < -0.4 is 0 Å². The van der Waals surface area contributed by atoms with Crippen molar-refractivity contribution in [1.29, 1.82) is 0 Å². The molecule has 3 heterocycles. The second-order valence-electron chi connectivity index (χ2n) is 7.52. The van der Waals surface area contributed by atoms with Gasteiger partial charge in [0.05, 0.1) is 5.56 Å². The highest BCUT2D eigenvalue weighted by Crippen LogP contribution is 2.38. The van der Waals surface area contributed by atoms with E-state index in [0.29, 0.717) is 23.0 Å². The average Bonchev–Trinajstić information content (AvgIpc) is 2.92. The highest BCUT2D eigenvalue weighted by atomic mass is 16.2. The number of pyridine rings is 1. The fourth-order valence-electron chi connectivity index (χ4n) is 3.66. The Bertz CT molecular complexity index is 781. The summed E-state index contributed by atoms with van der Waals surface area (Å²) in [7, 11) is 0. The van der Waals surface area contributed by atoms with Gasteiger partial charge in [-0.2, -0.15) is 0 Å². The van der Waals surface area contributed by atoms with Crippen LogP contribution in [0.2, 0.25) is 0 Å². The predicted molar refractivity (Wildman–Crippen MR) is 86.4 cm³/mol. The first-order chi connectivity index (χ1) is 10.8. The third kappa shape index (κ3) is 1.79. The molecule has 5 nitrogen and oxygen atoms in total. The van der Waals surface area contributed by atoms with E-state index in [0.717, 1.165) is 30.5 Å². The molecular weight excluding hydrogens is 290 g/mol. The van der Waals surface area contributed by atoms with Gasteiger partial charge in [0, 0.05) is 5.69 Å². The van der Waals surface area contributed by atoms with E-state index in [1.165, 1.54) is 4.90 Å². The maximum Gasteiger partial charge on any atom is 0.268 e. The number of nitrogens with zero attached hydrogens (tertiary/aromatic N) is 3. The normalized spacial score (nSPS) is 28.8. The van der Waals surface area contributed by atoms with E-state index >= 15 is 0 Å². The summed E-state index contributed by atoms with van der Waals surface area (Å²) < 4.78 is 0. The van der Waals surface area contributed by atoms with Crippen molar-refractivity contribution in [2.45, 2.75) is 52.5 Å². The maximum absolute atomic E-state index is 12.8. The number of carbonyl (C=O) groups excluding carboxylic acids is 2. The van der Waals surface area contributed by atoms with Gasteiger partial charge < -0.3 is 0 Å². The molecule has 0 bridgehead atoms. The molecule has 120 valence electrons. The molecule has 1 aliphatic carbocycles. The summed E-state index contributed by atoms with van der Waals surface area (Å²) in [6.07, 6.45) is 3.00. The van der Waals surface area contributed by atoms with Gasteiger partial charge in [0.15, 0.2) is 5.84 Å². The number of amides is 2. The summed E-state index contributed by atoms with van der Waals surface area (Å²) in [6.45, 7) is 7.94. The summed E-state index contributed by atoms with van der Waals surface area (Å²) in [6, 6.07) is 1.94. The lowest BCUT2D eigenvalue weighted by molar-refractivity contribution is -0.130. The summed E-state index contributed by atoms with van der Waals surface area (Å²) >= 11 is 0. The van der Waals surface area contributed by atoms with Gasteiger partial charge in [-0.3, -0.25) is 9.59 Å². The summed E-state index contributed by atoms with van der Waals surface area (Å²) in [5, 5.41) is 0. The van der Waals surface area contributed by atoms with Gasteiger partial charge in [0.1, 0.15) is 11.2 Å². The van der Waals surface area contributed by atoms with E-state index in [4.69, 9.17) is 4.98 Å². The molecule has 2 unspecified atom stereocenters. The first-order valence-electron chi connectivity index (χ1n) is 8.35. The molecule has 1 aromatic rings. The van der Waals surface area contributed by atoms with Crippen LogP contribution in [0.25, 0.3) is 0 Å². The zero-order valence-corrected chi connectivity index (χ0v) is 14.0. The molecule has 2 aliphatic heterocycles. The van der Waals surface area contributed by atoms with Gasteiger partial charge in [0.2, 0.25) is 0 Å². The lowest BCUT2D eigenvalue weighted by Gasteiger charge is -2.24. The van der Waals surface area contributed by atoms with Crippen LogP contribution in [0.5, 0.6) is 0 Å². The number of aromatic nitrogens is 1. The highest BCUT2D eigenvalue weighted by Gasteiger charge is 2.54. The van der Waals surface area contributed by atoms with Gasteiger partial charge in [-0.15, -0.1) is 0 Å². The Labute approximate surface area is 135 Å². The van der Waals surface area contributed by atoms with Crippen molar-refractivity contribution in [1.82, 2.24) is 9.88 Å². The molecule has 23 heavy (non-hydrogen) atoms. The summed E-state index contributed by atoms with van der Waals surface area (Å²) in [4.78, 5) is 36.1. The van der Waals surface area contributed by atoms with Crippen LogP contribution in [0.1, 0.15) is 61.4 Å². The van der Waals surface area contributed by atoms with Crippen molar-refractivity contribution in [2.24, 2.45) is 16.8 Å². The Morgan fingerprint density at radius 1 is 1.35 bits per heavy atom. The smallest absolute Gasteiger partial charge is 0.268 e. The molecule has 0 aromatic carbocycles. The largest absolute Gasteiger partial charge is 0.271 e. The number of fused-ring (bicyclic) bond motifs is 4. The number of imide groups is 1. The van der Waals surface area contributed by atoms with E-state index < -0.39 is 5.54 Å². The zero-order valence-electron chi connectivity index (χ0n) is 14.0. The van der Waals surface area contributed by atoms with Gasteiger partial charge in [0.25, 0.3) is 11.8 Å². The number of aryl methyl sites for hydroxylation is 1. The third-order valence-electron chi connectivity index (χ3n) is 5.59. The van der Waals surface area contributed by atoms with E-state index in [9.17, 15) is 9.59 Å². The van der Waals surface area contributed by atoms with E-state index in [1.807, 2.05) is 19.9 Å². The van der Waals surface area contributed by atoms with E-state index in [2.05, 4.69) is 11.9 Å². The third-order valence-corrected chi connectivity index (χ3v) is 5.59. The molecule has 4 rings (SSSR count). The number of rotatable bonds is 1. The number of amidine groups is 1. The van der Waals surface area contributed by atoms with Crippen LogP contribution in [0.4, 0.5) is 0 Å². The maximum atomic E-state index is 12.8. The van der Waals surface area contributed by atoms with Crippen molar-refractivity contribution in [2.75, 3.05) is 0 Å². The minimum atomic E-state index is -0.866. The van der Waals surface area contributed by atoms with Gasteiger partial charge in [-0.1, -0.05) is 20.8 Å². The van der Waals surface area contributed by atoms with Crippen LogP contribution in [0.15, 0.2) is 11.1 Å². The molecule has 0 saturated carbocycles. The minimum Gasteiger partial charge on any atom is -0.271 e. The fraction of sp³-hybridized carbons (Fsp3) is 0.556. The van der Waals surface area contributed by atoms with E-state index in [-0.39, 0.29) is 17.7 Å². The standard InChI is InChI=1S/C18H21N3O2/c1-9(2)18(4)17(23)21-15(20-18)14-12(16(21)22)8-11-7-10(3)5-6-13(11)19-14/h8-10H,5-7H2,1-4H3. The molecule has 2 amide bonds. The molecule has 5 heteroatoms. The molecule has 2 atom stereocenters. The Hall–Kier alpha value is -2.04. The van der Waals surface area contributed by atoms with Gasteiger partial charge in [-0.25, -0.2) is 14.9 Å². The van der Waals surface area contributed by atoms with Crippen LogP contribution in [0.3, 0.4) is 0 Å². The molecule has 0 spiro atoms. The Morgan fingerprint density at radius 2 is 2.09 bits per heavy atom. The average molecular weight is 311 g/mol. The number of aliphatic imine (C=N–C) groups is 1. The van der Waals surface area contributed by atoms with E-state index in [1.54, 1.807) is 6.92 Å². The second-order valence-corrected chi connectivity index (χ2v) is 7.52. The molecule has 0 saturated heterocycles. The molecule has 0 fully saturated rings. The summed E-state index contributed by atoms with van der Waals surface area (Å²) in [5.74, 6) is 0.607. The summed E-state index contributed by atoms with van der Waals surface area (Å²) in [5.41, 5.74) is 2.48. The van der Waals surface area contributed by atoms with Crippen molar-refractivity contribution >= 4 is 17.6 Å². The number of carbonyl (C=O) groups is 2. The predicted octanol–water partition coefficient (Wildman–Crippen LogP) is 2.36. The minimum absolute atomic E-state index is 0.0304. The van der Waals surface area contributed by atoms with Crippen LogP contribution in [-0.4, -0.2) is 33.1 Å². The lowest BCUT2D eigenvalue weighted by Crippen LogP contribution is -2.44. The van der Waals surface area contributed by atoms with Crippen LogP contribution in [0, 0.1) is 11.8 Å². The Morgan fingerprint density at radius 3 is 2.78 bits per heavy atom. The zero-order chi connectivity index (χ0) is 16.5. The Balaban J connectivity index is 1.87.